The summed E-state index contributed by atoms with van der Waals surface area (Å²) < 4.78 is 70.7. The number of fused-ring (bicyclic) bond motifs is 5. The molecule has 0 spiro atoms. The van der Waals surface area contributed by atoms with Crippen molar-refractivity contribution in [3.05, 3.63) is 97.1 Å². The van der Waals surface area contributed by atoms with E-state index in [-0.39, 0.29) is 11.3 Å². The first-order valence-electron chi connectivity index (χ1n) is 11.4. The number of alkyl halides is 3. The summed E-state index contributed by atoms with van der Waals surface area (Å²) in [7, 11) is -5.89. The first-order valence-corrected chi connectivity index (χ1v) is 12.9. The van der Waals surface area contributed by atoms with Gasteiger partial charge in [-0.1, -0.05) is 66.7 Å². The average molecular weight is 516 g/mol. The van der Waals surface area contributed by atoms with E-state index >= 15 is 0 Å². The summed E-state index contributed by atoms with van der Waals surface area (Å²) in [6.45, 7) is 0. The summed E-state index contributed by atoms with van der Waals surface area (Å²) in [6.07, 6.45) is 0. The standard InChI is InChI=1S/C29H16F3NO3S/c30-29(31,32)37(34,35)36-24-16-15-21-20-14-13-17-7-4-5-10-19(17)25(20)22-11-6-12-23-26(22)27(21)28(24)33(23)18-8-2-1-3-9-18/h1-16H. The van der Waals surface area contributed by atoms with E-state index in [2.05, 4.69) is 6.07 Å². The highest BCUT2D eigenvalue weighted by molar-refractivity contribution is 7.88. The second-order valence-corrected chi connectivity index (χ2v) is 10.4. The number of aromatic nitrogens is 1. The Hall–Kier alpha value is -4.30. The third kappa shape index (κ3) is 2.99. The van der Waals surface area contributed by atoms with Gasteiger partial charge in [-0.2, -0.15) is 21.6 Å². The zero-order valence-corrected chi connectivity index (χ0v) is 19.8. The zero-order valence-electron chi connectivity index (χ0n) is 19.0. The van der Waals surface area contributed by atoms with Gasteiger partial charge in [0.05, 0.1) is 11.0 Å². The topological polar surface area (TPSA) is 48.3 Å². The molecule has 0 radical (unpaired) electrons. The van der Waals surface area contributed by atoms with Crippen molar-refractivity contribution < 1.29 is 25.8 Å². The van der Waals surface area contributed by atoms with Crippen LogP contribution in [0.15, 0.2) is 97.1 Å². The zero-order chi connectivity index (χ0) is 25.5. The lowest BCUT2D eigenvalue weighted by Crippen LogP contribution is -2.28. The fourth-order valence-corrected chi connectivity index (χ4v) is 5.92. The molecule has 7 rings (SSSR count). The maximum Gasteiger partial charge on any atom is 0.534 e. The van der Waals surface area contributed by atoms with Crippen molar-refractivity contribution in [3.63, 3.8) is 0 Å². The summed E-state index contributed by atoms with van der Waals surface area (Å²) in [4.78, 5) is 0. The molecule has 37 heavy (non-hydrogen) atoms. The van der Waals surface area contributed by atoms with Crippen molar-refractivity contribution >= 4 is 64.2 Å². The highest BCUT2D eigenvalue weighted by atomic mass is 32.2. The Balaban J connectivity index is 1.74. The normalized spacial score (nSPS) is 12.9. The van der Waals surface area contributed by atoms with Crippen molar-refractivity contribution in [2.24, 2.45) is 0 Å². The van der Waals surface area contributed by atoms with Gasteiger partial charge in [0.25, 0.3) is 0 Å². The summed E-state index contributed by atoms with van der Waals surface area (Å²) in [5.74, 6) is -0.383. The largest absolute Gasteiger partial charge is 0.534 e. The molecule has 0 unspecified atom stereocenters. The minimum atomic E-state index is -5.89. The van der Waals surface area contributed by atoms with E-state index < -0.39 is 15.6 Å². The number of hydrogen-bond acceptors (Lipinski definition) is 3. The number of halogens is 3. The number of hydrogen-bond donors (Lipinski definition) is 0. The minimum absolute atomic E-state index is 0.262. The fourth-order valence-electron chi connectivity index (χ4n) is 5.45. The molecule has 0 atom stereocenters. The van der Waals surface area contributed by atoms with Crippen LogP contribution in [0.1, 0.15) is 0 Å². The summed E-state index contributed by atoms with van der Waals surface area (Å²) in [5.41, 5.74) is -3.89. The first-order chi connectivity index (χ1) is 17.8. The predicted molar refractivity (Wildman–Crippen MR) is 140 cm³/mol. The molecular weight excluding hydrogens is 499 g/mol. The quantitative estimate of drug-likeness (QED) is 0.137. The highest BCUT2D eigenvalue weighted by Gasteiger charge is 2.49. The summed E-state index contributed by atoms with van der Waals surface area (Å²) in [6, 6.07) is 29.9. The molecule has 0 fully saturated rings. The smallest absolute Gasteiger partial charge is 0.374 e. The Bertz CT molecular complexity index is 2110. The molecule has 0 N–H and O–H groups in total. The molecule has 6 aromatic carbocycles. The van der Waals surface area contributed by atoms with Crippen molar-refractivity contribution in [1.29, 1.82) is 0 Å². The Morgan fingerprint density at radius 3 is 2.08 bits per heavy atom. The van der Waals surface area contributed by atoms with Crippen molar-refractivity contribution in [2.45, 2.75) is 5.51 Å². The number of nitrogens with zero attached hydrogens (tertiary/aromatic N) is 1. The van der Waals surface area contributed by atoms with E-state index in [1.54, 1.807) is 10.6 Å². The second-order valence-electron chi connectivity index (χ2n) is 8.90. The molecule has 0 amide bonds. The molecular formula is C29H16F3NO3S. The molecule has 182 valence electrons. The van der Waals surface area contributed by atoms with E-state index in [9.17, 15) is 21.6 Å². The van der Waals surface area contributed by atoms with Gasteiger partial charge in [0.1, 0.15) is 0 Å². The van der Waals surface area contributed by atoms with Crippen molar-refractivity contribution in [2.75, 3.05) is 0 Å². The third-order valence-electron chi connectivity index (χ3n) is 6.88. The molecule has 7 aromatic rings. The van der Waals surface area contributed by atoms with Crippen LogP contribution < -0.4 is 4.18 Å². The summed E-state index contributed by atoms with van der Waals surface area (Å²) >= 11 is 0. The van der Waals surface area contributed by atoms with Crippen LogP contribution in [0.2, 0.25) is 0 Å². The Kier molecular flexibility index (Phi) is 4.37. The van der Waals surface area contributed by atoms with Crippen molar-refractivity contribution in [1.82, 2.24) is 4.57 Å². The number of para-hydroxylation sites is 1. The lowest BCUT2D eigenvalue weighted by molar-refractivity contribution is -0.0499. The molecule has 0 aliphatic heterocycles. The van der Waals surface area contributed by atoms with Gasteiger partial charge in [-0.15, -0.1) is 0 Å². The molecule has 0 bridgehead atoms. The van der Waals surface area contributed by atoms with Gasteiger partial charge >= 0.3 is 15.6 Å². The third-order valence-corrected chi connectivity index (χ3v) is 7.85. The van der Waals surface area contributed by atoms with Gasteiger partial charge in [0, 0.05) is 16.5 Å². The number of benzene rings is 6. The van der Waals surface area contributed by atoms with Gasteiger partial charge in [0.2, 0.25) is 0 Å². The maximum atomic E-state index is 13.3. The predicted octanol–water partition coefficient (Wildman–Crippen LogP) is 7.91. The molecule has 1 aromatic heterocycles. The Morgan fingerprint density at radius 1 is 0.622 bits per heavy atom. The highest BCUT2D eigenvalue weighted by Crippen LogP contribution is 2.48. The average Bonchev–Trinajstić information content (AvgIpc) is 3.24. The minimum Gasteiger partial charge on any atom is -0.374 e. The summed E-state index contributed by atoms with van der Waals surface area (Å²) in [5, 5.41) is 7.26. The monoisotopic (exact) mass is 515 g/mol. The van der Waals surface area contributed by atoms with Gasteiger partial charge < -0.3 is 8.75 Å². The van der Waals surface area contributed by atoms with Gasteiger partial charge in [0.15, 0.2) is 5.75 Å². The Labute approximate surface area is 208 Å². The van der Waals surface area contributed by atoms with E-state index in [1.807, 2.05) is 78.9 Å². The molecule has 0 aliphatic carbocycles. The van der Waals surface area contributed by atoms with Gasteiger partial charge in [-0.25, -0.2) is 0 Å². The molecule has 0 saturated heterocycles. The molecule has 0 saturated carbocycles. The van der Waals surface area contributed by atoms with Crippen LogP contribution >= 0.6 is 0 Å². The van der Waals surface area contributed by atoms with Crippen LogP contribution in [0.25, 0.3) is 59.8 Å². The molecule has 4 nitrogen and oxygen atoms in total. The van der Waals surface area contributed by atoms with Crippen LogP contribution in [0.4, 0.5) is 13.2 Å². The van der Waals surface area contributed by atoms with Gasteiger partial charge in [-0.05, 0) is 62.6 Å². The first kappa shape index (κ1) is 21.9. The lowest BCUT2D eigenvalue weighted by Gasteiger charge is -2.15. The molecule has 0 aliphatic rings. The van der Waals surface area contributed by atoms with E-state index in [0.717, 1.165) is 43.2 Å². The van der Waals surface area contributed by atoms with Crippen molar-refractivity contribution in [3.8, 4) is 11.4 Å². The van der Waals surface area contributed by atoms with E-state index in [4.69, 9.17) is 4.18 Å². The van der Waals surface area contributed by atoms with Crippen LogP contribution in [0.3, 0.4) is 0 Å². The second kappa shape index (κ2) is 7.36. The van der Waals surface area contributed by atoms with Crippen LogP contribution in [-0.4, -0.2) is 18.5 Å². The van der Waals surface area contributed by atoms with Crippen LogP contribution in [0.5, 0.6) is 5.75 Å². The van der Waals surface area contributed by atoms with Crippen LogP contribution in [-0.2, 0) is 10.1 Å². The van der Waals surface area contributed by atoms with Gasteiger partial charge in [-0.3, -0.25) is 0 Å². The van der Waals surface area contributed by atoms with E-state index in [1.165, 1.54) is 6.07 Å². The van der Waals surface area contributed by atoms with Crippen LogP contribution in [0, 0.1) is 0 Å². The Morgan fingerprint density at radius 2 is 1.30 bits per heavy atom. The fraction of sp³-hybridized carbons (Fsp3) is 0.0345. The SMILES string of the molecule is O=S(=O)(Oc1ccc2c3ccc4ccccc4c3c3cccc4c3c2c1n4-c1ccccc1)C(F)(F)F. The molecule has 8 heteroatoms. The maximum absolute atomic E-state index is 13.3. The lowest BCUT2D eigenvalue weighted by atomic mass is 9.91. The molecule has 1 heterocycles. The number of rotatable bonds is 3. The van der Waals surface area contributed by atoms with E-state index in [0.29, 0.717) is 11.1 Å².